The maximum absolute atomic E-state index is 4.71. The first-order valence-electron chi connectivity index (χ1n) is 7.08. The molecule has 0 fully saturated rings. The van der Waals surface area contributed by atoms with Crippen LogP contribution in [0, 0.1) is 5.92 Å². The van der Waals surface area contributed by atoms with E-state index in [1.807, 2.05) is 0 Å². The van der Waals surface area contributed by atoms with Crippen molar-refractivity contribution >= 4 is 0 Å². The molecular weight excluding hydrogens is 234 g/mol. The molecule has 2 heterocycles. The lowest BCUT2D eigenvalue weighted by Gasteiger charge is -2.13. The Kier molecular flexibility index (Phi) is 3.38. The van der Waals surface area contributed by atoms with Crippen LogP contribution in [0.25, 0.3) is 11.3 Å². The minimum atomic E-state index is 0.705. The van der Waals surface area contributed by atoms with Crippen LogP contribution in [-0.2, 0) is 19.5 Å². The molecule has 1 aliphatic rings. The normalized spacial score (nSPS) is 14.7. The minimum absolute atomic E-state index is 0.705. The fourth-order valence-corrected chi connectivity index (χ4v) is 2.61. The van der Waals surface area contributed by atoms with Crippen LogP contribution in [0.3, 0.4) is 0 Å². The standard InChI is InChI=1S/C16H21N3/c1-12(2)9-13-3-5-14(6-4-13)15-11-19-8-7-17-10-16(19)18-15/h3-6,11-12,17H,7-10H2,1-2H3. The molecule has 1 N–H and O–H groups in total. The highest BCUT2D eigenvalue weighted by Gasteiger charge is 2.12. The summed E-state index contributed by atoms with van der Waals surface area (Å²) in [7, 11) is 0. The van der Waals surface area contributed by atoms with Gasteiger partial charge in [-0.2, -0.15) is 0 Å². The molecule has 1 aromatic heterocycles. The maximum Gasteiger partial charge on any atom is 0.123 e. The van der Waals surface area contributed by atoms with E-state index in [1.54, 1.807) is 0 Å². The van der Waals surface area contributed by atoms with Gasteiger partial charge < -0.3 is 9.88 Å². The molecule has 0 bridgehead atoms. The fraction of sp³-hybridized carbons (Fsp3) is 0.438. The van der Waals surface area contributed by atoms with Crippen molar-refractivity contribution in [1.29, 1.82) is 0 Å². The van der Waals surface area contributed by atoms with Crippen molar-refractivity contribution in [2.45, 2.75) is 33.4 Å². The lowest BCUT2D eigenvalue weighted by Crippen LogP contribution is -2.27. The molecule has 1 aliphatic heterocycles. The lowest BCUT2D eigenvalue weighted by molar-refractivity contribution is 0.505. The first-order valence-corrected chi connectivity index (χ1v) is 7.08. The van der Waals surface area contributed by atoms with Gasteiger partial charge in [-0.3, -0.25) is 0 Å². The Balaban J connectivity index is 1.83. The lowest BCUT2D eigenvalue weighted by atomic mass is 10.0. The van der Waals surface area contributed by atoms with Crippen molar-refractivity contribution < 1.29 is 0 Å². The van der Waals surface area contributed by atoms with Crippen molar-refractivity contribution in [2.75, 3.05) is 6.54 Å². The summed E-state index contributed by atoms with van der Waals surface area (Å²) in [6, 6.07) is 8.84. The zero-order valence-electron chi connectivity index (χ0n) is 11.7. The first kappa shape index (κ1) is 12.4. The van der Waals surface area contributed by atoms with Crippen LogP contribution < -0.4 is 5.32 Å². The van der Waals surface area contributed by atoms with Gasteiger partial charge >= 0.3 is 0 Å². The average molecular weight is 255 g/mol. The topological polar surface area (TPSA) is 29.9 Å². The van der Waals surface area contributed by atoms with Crippen molar-refractivity contribution in [1.82, 2.24) is 14.9 Å². The Bertz CT molecular complexity index is 528. The summed E-state index contributed by atoms with van der Waals surface area (Å²) in [5.74, 6) is 1.85. The van der Waals surface area contributed by atoms with Gasteiger partial charge in [0.15, 0.2) is 0 Å². The van der Waals surface area contributed by atoms with E-state index in [2.05, 4.69) is 54.2 Å². The highest BCUT2D eigenvalue weighted by Crippen LogP contribution is 2.21. The largest absolute Gasteiger partial charge is 0.332 e. The summed E-state index contributed by atoms with van der Waals surface area (Å²) in [6.45, 7) is 7.45. The van der Waals surface area contributed by atoms with E-state index in [0.29, 0.717) is 5.92 Å². The molecule has 0 unspecified atom stereocenters. The van der Waals surface area contributed by atoms with Crippen LogP contribution in [0.1, 0.15) is 25.2 Å². The summed E-state index contributed by atoms with van der Waals surface area (Å²) in [6.07, 6.45) is 3.32. The summed E-state index contributed by atoms with van der Waals surface area (Å²) >= 11 is 0. The molecule has 0 saturated carbocycles. The molecule has 19 heavy (non-hydrogen) atoms. The molecule has 0 radical (unpaired) electrons. The highest BCUT2D eigenvalue weighted by atomic mass is 15.1. The van der Waals surface area contributed by atoms with E-state index in [-0.39, 0.29) is 0 Å². The van der Waals surface area contributed by atoms with Gasteiger partial charge in [-0.05, 0) is 17.9 Å². The summed E-state index contributed by atoms with van der Waals surface area (Å²) in [5.41, 5.74) is 3.72. The quantitative estimate of drug-likeness (QED) is 0.914. The van der Waals surface area contributed by atoms with E-state index in [4.69, 9.17) is 4.98 Å². The summed E-state index contributed by atoms with van der Waals surface area (Å²) < 4.78 is 2.26. The molecule has 0 aliphatic carbocycles. The molecule has 1 aromatic carbocycles. The molecule has 2 aromatic rings. The first-order chi connectivity index (χ1) is 9.22. The van der Waals surface area contributed by atoms with E-state index in [9.17, 15) is 0 Å². The predicted octanol–water partition coefficient (Wildman–Crippen LogP) is 2.85. The van der Waals surface area contributed by atoms with E-state index < -0.39 is 0 Å². The van der Waals surface area contributed by atoms with E-state index in [0.717, 1.165) is 37.6 Å². The number of fused-ring (bicyclic) bond motifs is 1. The molecule has 3 nitrogen and oxygen atoms in total. The van der Waals surface area contributed by atoms with Gasteiger partial charge in [-0.1, -0.05) is 38.1 Å². The molecule has 3 heteroatoms. The molecule has 3 rings (SSSR count). The average Bonchev–Trinajstić information content (AvgIpc) is 2.82. The SMILES string of the molecule is CC(C)Cc1ccc(-c2cn3c(n2)CNCC3)cc1. The van der Waals surface area contributed by atoms with Gasteiger partial charge in [0.1, 0.15) is 5.82 Å². The van der Waals surface area contributed by atoms with E-state index in [1.165, 1.54) is 11.1 Å². The second-order valence-electron chi connectivity index (χ2n) is 5.71. The van der Waals surface area contributed by atoms with Crippen LogP contribution >= 0.6 is 0 Å². The smallest absolute Gasteiger partial charge is 0.123 e. The van der Waals surface area contributed by atoms with Gasteiger partial charge in [0.05, 0.1) is 12.2 Å². The van der Waals surface area contributed by atoms with Crippen LogP contribution in [-0.4, -0.2) is 16.1 Å². The van der Waals surface area contributed by atoms with Crippen LogP contribution in [0.2, 0.25) is 0 Å². The molecule has 100 valence electrons. The zero-order valence-corrected chi connectivity index (χ0v) is 11.7. The van der Waals surface area contributed by atoms with Gasteiger partial charge in [0, 0.05) is 24.8 Å². The number of hydrogen-bond donors (Lipinski definition) is 1. The minimum Gasteiger partial charge on any atom is -0.332 e. The Labute approximate surface area is 114 Å². The number of nitrogens with zero attached hydrogens (tertiary/aromatic N) is 2. The summed E-state index contributed by atoms with van der Waals surface area (Å²) in [4.78, 5) is 4.71. The van der Waals surface area contributed by atoms with Gasteiger partial charge in [-0.15, -0.1) is 0 Å². The Morgan fingerprint density at radius 2 is 2.05 bits per heavy atom. The Morgan fingerprint density at radius 3 is 2.74 bits per heavy atom. The van der Waals surface area contributed by atoms with E-state index >= 15 is 0 Å². The second kappa shape index (κ2) is 5.17. The van der Waals surface area contributed by atoms with Crippen molar-refractivity contribution in [3.8, 4) is 11.3 Å². The van der Waals surface area contributed by atoms with Crippen molar-refractivity contribution in [2.24, 2.45) is 5.92 Å². The molecule has 0 spiro atoms. The number of hydrogen-bond acceptors (Lipinski definition) is 2. The molecule has 0 saturated heterocycles. The maximum atomic E-state index is 4.71. The number of imidazole rings is 1. The zero-order chi connectivity index (χ0) is 13.2. The van der Waals surface area contributed by atoms with Crippen LogP contribution in [0.4, 0.5) is 0 Å². The third-order valence-electron chi connectivity index (χ3n) is 3.57. The van der Waals surface area contributed by atoms with Gasteiger partial charge in [0.25, 0.3) is 0 Å². The monoisotopic (exact) mass is 255 g/mol. The predicted molar refractivity (Wildman–Crippen MR) is 77.9 cm³/mol. The Morgan fingerprint density at radius 1 is 1.26 bits per heavy atom. The number of aromatic nitrogens is 2. The number of nitrogens with one attached hydrogen (secondary N) is 1. The molecular formula is C16H21N3. The van der Waals surface area contributed by atoms with Crippen LogP contribution in [0.15, 0.2) is 30.5 Å². The van der Waals surface area contributed by atoms with Crippen molar-refractivity contribution in [3.63, 3.8) is 0 Å². The second-order valence-corrected chi connectivity index (χ2v) is 5.71. The summed E-state index contributed by atoms with van der Waals surface area (Å²) in [5, 5.41) is 3.35. The number of benzene rings is 1. The van der Waals surface area contributed by atoms with Gasteiger partial charge in [-0.25, -0.2) is 4.98 Å². The third kappa shape index (κ3) is 2.71. The van der Waals surface area contributed by atoms with Gasteiger partial charge in [0.2, 0.25) is 0 Å². The Hall–Kier alpha value is -1.61. The number of rotatable bonds is 3. The molecule has 0 amide bonds. The van der Waals surface area contributed by atoms with Crippen LogP contribution in [0.5, 0.6) is 0 Å². The molecule has 0 atom stereocenters. The third-order valence-corrected chi connectivity index (χ3v) is 3.57. The van der Waals surface area contributed by atoms with Crippen molar-refractivity contribution in [3.05, 3.63) is 41.9 Å². The highest BCUT2D eigenvalue weighted by molar-refractivity contribution is 5.59. The fourth-order valence-electron chi connectivity index (χ4n) is 2.61.